The van der Waals surface area contributed by atoms with Crippen LogP contribution >= 0.6 is 11.6 Å². The summed E-state index contributed by atoms with van der Waals surface area (Å²) in [7, 11) is 0. The number of unbranched alkanes of at least 4 members (excludes halogenated alkanes) is 7. The number of hydrogen-bond donors (Lipinski definition) is 0. The zero-order chi connectivity index (χ0) is 13.6. The molecule has 18 heavy (non-hydrogen) atoms. The lowest BCUT2D eigenvalue weighted by Gasteiger charge is -2.06. The highest BCUT2D eigenvalue weighted by atomic mass is 35.5. The van der Waals surface area contributed by atoms with Gasteiger partial charge in [-0.05, 0) is 30.9 Å². The predicted octanol–water partition coefficient (Wildman–Crippen LogP) is 5.79. The lowest BCUT2D eigenvalue weighted by Crippen LogP contribution is -1.98. The lowest BCUT2D eigenvalue weighted by atomic mass is 10.0. The molecule has 0 saturated carbocycles. The zero-order valence-corrected chi connectivity index (χ0v) is 12.5. The molecule has 0 radical (unpaired) electrons. The fourth-order valence-corrected chi connectivity index (χ4v) is 2.28. The molecule has 1 nitrogen and oxygen atoms in total. The third-order valence-corrected chi connectivity index (χ3v) is 3.43. The van der Waals surface area contributed by atoms with Crippen LogP contribution < -0.4 is 0 Å². The molecular formula is C15H28ClFO. The van der Waals surface area contributed by atoms with E-state index >= 15 is 0 Å². The van der Waals surface area contributed by atoms with Gasteiger partial charge in [0.2, 0.25) is 5.24 Å². The Labute approximate surface area is 116 Å². The summed E-state index contributed by atoms with van der Waals surface area (Å²) in [5, 5.41) is -0.220. The first kappa shape index (κ1) is 17.9. The first-order valence-corrected chi connectivity index (χ1v) is 7.87. The summed E-state index contributed by atoms with van der Waals surface area (Å²) in [6, 6.07) is 0. The number of hydrogen-bond acceptors (Lipinski definition) is 1. The van der Waals surface area contributed by atoms with Crippen molar-refractivity contribution in [2.24, 2.45) is 0 Å². The van der Waals surface area contributed by atoms with Crippen molar-refractivity contribution in [3.8, 4) is 0 Å². The van der Waals surface area contributed by atoms with Crippen molar-refractivity contribution in [1.82, 2.24) is 0 Å². The van der Waals surface area contributed by atoms with Gasteiger partial charge in [0.25, 0.3) is 0 Å². The molecule has 0 rings (SSSR count). The van der Waals surface area contributed by atoms with Gasteiger partial charge in [-0.1, -0.05) is 58.3 Å². The average molecular weight is 279 g/mol. The van der Waals surface area contributed by atoms with Gasteiger partial charge in [0.15, 0.2) is 0 Å². The summed E-state index contributed by atoms with van der Waals surface area (Å²) in [6.07, 6.45) is 11.4. The Morgan fingerprint density at radius 2 is 1.44 bits per heavy atom. The largest absolute Gasteiger partial charge is 0.281 e. The molecule has 0 aliphatic heterocycles. The highest BCUT2D eigenvalue weighted by Gasteiger charge is 2.03. The Morgan fingerprint density at radius 3 is 1.94 bits per heavy atom. The summed E-state index contributed by atoms with van der Waals surface area (Å²) in [4.78, 5) is 10.5. The molecule has 3 heteroatoms. The molecule has 1 unspecified atom stereocenters. The Balaban J connectivity index is 3.05. The topological polar surface area (TPSA) is 17.1 Å². The Bertz CT molecular complexity index is 197. The van der Waals surface area contributed by atoms with E-state index in [0.717, 1.165) is 44.9 Å². The number of carbonyl (C=O) groups is 1. The van der Waals surface area contributed by atoms with Crippen LogP contribution in [0.2, 0.25) is 0 Å². The number of alkyl halides is 1. The van der Waals surface area contributed by atoms with E-state index in [9.17, 15) is 9.18 Å². The third kappa shape index (κ3) is 14.0. The molecule has 0 heterocycles. The van der Waals surface area contributed by atoms with Crippen molar-refractivity contribution in [2.75, 3.05) is 0 Å². The molecule has 0 aromatic heterocycles. The molecule has 0 aromatic carbocycles. The molecular weight excluding hydrogens is 251 g/mol. The molecule has 1 atom stereocenters. The molecule has 0 fully saturated rings. The minimum atomic E-state index is -0.580. The molecule has 0 amide bonds. The lowest BCUT2D eigenvalue weighted by molar-refractivity contribution is -0.111. The number of rotatable bonds is 13. The van der Waals surface area contributed by atoms with Gasteiger partial charge in [-0.3, -0.25) is 4.79 Å². The highest BCUT2D eigenvalue weighted by Crippen LogP contribution is 2.14. The van der Waals surface area contributed by atoms with Gasteiger partial charge in [-0.15, -0.1) is 0 Å². The fourth-order valence-electron chi connectivity index (χ4n) is 2.15. The SMILES string of the molecule is CCCC(F)CCCCCCCCCCC(=O)Cl. The van der Waals surface area contributed by atoms with Crippen LogP contribution in [0.4, 0.5) is 4.39 Å². The van der Waals surface area contributed by atoms with Crippen LogP contribution in [0.1, 0.15) is 84.0 Å². The van der Waals surface area contributed by atoms with Crippen LogP contribution in [0.25, 0.3) is 0 Å². The van der Waals surface area contributed by atoms with Crippen molar-refractivity contribution in [1.29, 1.82) is 0 Å². The van der Waals surface area contributed by atoms with Gasteiger partial charge in [-0.25, -0.2) is 4.39 Å². The van der Waals surface area contributed by atoms with E-state index in [2.05, 4.69) is 0 Å². The second-order valence-electron chi connectivity index (χ2n) is 5.11. The molecule has 108 valence electrons. The Hall–Kier alpha value is -0.110. The van der Waals surface area contributed by atoms with Gasteiger partial charge < -0.3 is 0 Å². The summed E-state index contributed by atoms with van der Waals surface area (Å²) in [5.74, 6) is 0. The second-order valence-corrected chi connectivity index (χ2v) is 5.53. The summed E-state index contributed by atoms with van der Waals surface area (Å²) in [6.45, 7) is 2.03. The second kappa shape index (κ2) is 13.3. The van der Waals surface area contributed by atoms with Crippen molar-refractivity contribution < 1.29 is 9.18 Å². The van der Waals surface area contributed by atoms with Crippen LogP contribution in [0, 0.1) is 0 Å². The molecule has 0 bridgehead atoms. The van der Waals surface area contributed by atoms with Gasteiger partial charge in [0.1, 0.15) is 6.17 Å². The molecule has 0 aliphatic rings. The normalized spacial score (nSPS) is 12.6. The first-order chi connectivity index (χ1) is 8.66. The van der Waals surface area contributed by atoms with Crippen molar-refractivity contribution >= 4 is 16.8 Å². The maximum atomic E-state index is 13.1. The summed E-state index contributed by atoms with van der Waals surface area (Å²) < 4.78 is 13.1. The van der Waals surface area contributed by atoms with E-state index in [1.165, 1.54) is 25.7 Å². The number of halogens is 2. The van der Waals surface area contributed by atoms with E-state index < -0.39 is 6.17 Å². The predicted molar refractivity (Wildman–Crippen MR) is 76.8 cm³/mol. The average Bonchev–Trinajstić information content (AvgIpc) is 2.31. The van der Waals surface area contributed by atoms with Crippen LogP contribution in [0.5, 0.6) is 0 Å². The Morgan fingerprint density at radius 1 is 0.944 bits per heavy atom. The van der Waals surface area contributed by atoms with Crippen molar-refractivity contribution in [3.63, 3.8) is 0 Å². The van der Waals surface area contributed by atoms with E-state index in [4.69, 9.17) is 11.6 Å². The highest BCUT2D eigenvalue weighted by molar-refractivity contribution is 6.63. The minimum Gasteiger partial charge on any atom is -0.281 e. The summed E-state index contributed by atoms with van der Waals surface area (Å²) >= 11 is 5.25. The van der Waals surface area contributed by atoms with E-state index in [1.807, 2.05) is 6.92 Å². The smallest absolute Gasteiger partial charge is 0.221 e. The summed E-state index contributed by atoms with van der Waals surface area (Å²) in [5.41, 5.74) is 0. The van der Waals surface area contributed by atoms with Gasteiger partial charge in [0.05, 0.1) is 0 Å². The van der Waals surface area contributed by atoms with Crippen LogP contribution in [0.3, 0.4) is 0 Å². The van der Waals surface area contributed by atoms with Crippen LogP contribution in [0.15, 0.2) is 0 Å². The molecule has 0 spiro atoms. The minimum absolute atomic E-state index is 0.220. The van der Waals surface area contributed by atoms with Crippen molar-refractivity contribution in [2.45, 2.75) is 90.1 Å². The molecule has 0 aromatic rings. The van der Waals surface area contributed by atoms with Crippen molar-refractivity contribution in [3.05, 3.63) is 0 Å². The fraction of sp³-hybridized carbons (Fsp3) is 0.933. The van der Waals surface area contributed by atoms with Gasteiger partial charge >= 0.3 is 0 Å². The van der Waals surface area contributed by atoms with E-state index in [0.29, 0.717) is 6.42 Å². The standard InChI is InChI=1S/C15H28ClFO/c1-2-11-14(17)12-9-7-5-3-4-6-8-10-13-15(16)18/h14H,2-13H2,1H3. The van der Waals surface area contributed by atoms with E-state index in [-0.39, 0.29) is 5.24 Å². The maximum Gasteiger partial charge on any atom is 0.221 e. The van der Waals surface area contributed by atoms with Gasteiger partial charge in [0, 0.05) is 6.42 Å². The quantitative estimate of drug-likeness (QED) is 0.308. The van der Waals surface area contributed by atoms with Crippen LogP contribution in [-0.2, 0) is 4.79 Å². The Kier molecular flexibility index (Phi) is 13.2. The number of carbonyl (C=O) groups excluding carboxylic acids is 1. The monoisotopic (exact) mass is 278 g/mol. The van der Waals surface area contributed by atoms with Gasteiger partial charge in [-0.2, -0.15) is 0 Å². The molecule has 0 N–H and O–H groups in total. The van der Waals surface area contributed by atoms with Crippen LogP contribution in [-0.4, -0.2) is 11.4 Å². The zero-order valence-electron chi connectivity index (χ0n) is 11.7. The maximum absolute atomic E-state index is 13.1. The third-order valence-electron chi connectivity index (χ3n) is 3.24. The van der Waals surface area contributed by atoms with E-state index in [1.54, 1.807) is 0 Å². The molecule has 0 saturated heterocycles. The first-order valence-electron chi connectivity index (χ1n) is 7.49. The molecule has 0 aliphatic carbocycles.